The smallest absolute Gasteiger partial charge is 0.272 e. The summed E-state index contributed by atoms with van der Waals surface area (Å²) in [5.74, 6) is 0.0215. The molecule has 0 saturated heterocycles. The Bertz CT molecular complexity index is 858. The van der Waals surface area contributed by atoms with Crippen molar-refractivity contribution in [3.05, 3.63) is 69.9 Å². The first-order chi connectivity index (χ1) is 13.1. The Morgan fingerprint density at radius 2 is 2.07 bits per heavy atom. The quantitative estimate of drug-likeness (QED) is 0.583. The van der Waals surface area contributed by atoms with Crippen LogP contribution in [0.2, 0.25) is 0 Å². The summed E-state index contributed by atoms with van der Waals surface area (Å²) < 4.78 is 1.79. The molecule has 2 heterocycles. The standard InChI is InChI=1S/C21H26N4OS/c1-4-25-19(14-16(2)23-25)21(26)24(15-20-22-12-13-27-20)17(3)10-11-18-8-6-5-7-9-18/h5-9,12-14,17H,4,10-11,15H2,1-3H3/t17-/m1/s1. The van der Waals surface area contributed by atoms with Crippen LogP contribution in [0.25, 0.3) is 0 Å². The lowest BCUT2D eigenvalue weighted by Gasteiger charge is -2.29. The highest BCUT2D eigenvalue weighted by atomic mass is 32.1. The van der Waals surface area contributed by atoms with Gasteiger partial charge in [-0.05, 0) is 45.2 Å². The molecule has 1 atom stereocenters. The molecule has 1 aromatic carbocycles. The highest BCUT2D eigenvalue weighted by Gasteiger charge is 2.25. The molecule has 3 aromatic rings. The molecule has 6 heteroatoms. The van der Waals surface area contributed by atoms with Crippen molar-refractivity contribution < 1.29 is 4.79 Å². The molecule has 0 bridgehead atoms. The van der Waals surface area contributed by atoms with E-state index in [0.717, 1.165) is 23.5 Å². The molecular weight excluding hydrogens is 356 g/mol. The van der Waals surface area contributed by atoms with E-state index in [1.54, 1.807) is 22.2 Å². The van der Waals surface area contributed by atoms with Crippen LogP contribution < -0.4 is 0 Å². The maximum absolute atomic E-state index is 13.4. The summed E-state index contributed by atoms with van der Waals surface area (Å²) in [7, 11) is 0. The number of hydrogen-bond donors (Lipinski definition) is 0. The van der Waals surface area contributed by atoms with Gasteiger partial charge in [-0.25, -0.2) is 4.98 Å². The van der Waals surface area contributed by atoms with Crippen molar-refractivity contribution in [1.82, 2.24) is 19.7 Å². The second-order valence-electron chi connectivity index (χ2n) is 6.72. The van der Waals surface area contributed by atoms with Crippen molar-refractivity contribution in [3.63, 3.8) is 0 Å². The van der Waals surface area contributed by atoms with Crippen molar-refractivity contribution in [3.8, 4) is 0 Å². The summed E-state index contributed by atoms with van der Waals surface area (Å²) in [5, 5.41) is 7.34. The number of aryl methyl sites for hydroxylation is 3. The molecule has 0 radical (unpaired) electrons. The molecule has 0 N–H and O–H groups in total. The maximum atomic E-state index is 13.4. The minimum absolute atomic E-state index is 0.0215. The molecule has 0 fully saturated rings. The number of thiazole rings is 1. The summed E-state index contributed by atoms with van der Waals surface area (Å²) in [6.45, 7) is 7.26. The van der Waals surface area contributed by atoms with Crippen molar-refractivity contribution in [2.75, 3.05) is 0 Å². The van der Waals surface area contributed by atoms with Crippen LogP contribution in [-0.4, -0.2) is 31.6 Å². The summed E-state index contributed by atoms with van der Waals surface area (Å²) in [5.41, 5.74) is 2.81. The van der Waals surface area contributed by atoms with Crippen LogP contribution in [0.15, 0.2) is 48.0 Å². The molecule has 142 valence electrons. The second-order valence-corrected chi connectivity index (χ2v) is 7.70. The van der Waals surface area contributed by atoms with Gasteiger partial charge in [0.1, 0.15) is 10.7 Å². The lowest BCUT2D eigenvalue weighted by atomic mass is 10.0. The fourth-order valence-electron chi connectivity index (χ4n) is 3.19. The molecule has 1 amide bonds. The van der Waals surface area contributed by atoms with Crippen molar-refractivity contribution in [1.29, 1.82) is 0 Å². The Morgan fingerprint density at radius 3 is 2.74 bits per heavy atom. The van der Waals surface area contributed by atoms with Crippen LogP contribution in [0.3, 0.4) is 0 Å². The summed E-state index contributed by atoms with van der Waals surface area (Å²) in [4.78, 5) is 19.7. The molecule has 0 aliphatic rings. The Morgan fingerprint density at radius 1 is 1.30 bits per heavy atom. The fourth-order valence-corrected chi connectivity index (χ4v) is 3.80. The highest BCUT2D eigenvalue weighted by Crippen LogP contribution is 2.19. The van der Waals surface area contributed by atoms with E-state index in [2.05, 4.69) is 41.3 Å². The van der Waals surface area contributed by atoms with Crippen LogP contribution in [-0.2, 0) is 19.5 Å². The lowest BCUT2D eigenvalue weighted by molar-refractivity contribution is 0.0654. The number of hydrogen-bond acceptors (Lipinski definition) is 4. The average molecular weight is 383 g/mol. The Labute approximate surface area is 164 Å². The average Bonchev–Trinajstić information content (AvgIpc) is 3.33. The van der Waals surface area contributed by atoms with Gasteiger partial charge >= 0.3 is 0 Å². The first-order valence-corrected chi connectivity index (χ1v) is 10.2. The monoisotopic (exact) mass is 382 g/mol. The van der Waals surface area contributed by atoms with Crippen LogP contribution in [0.5, 0.6) is 0 Å². The van der Waals surface area contributed by atoms with Gasteiger partial charge in [0.2, 0.25) is 0 Å². The fraction of sp³-hybridized carbons (Fsp3) is 0.381. The SMILES string of the molecule is CCn1nc(C)cc1C(=O)N(Cc1nccs1)[C@H](C)CCc1ccccc1. The molecule has 0 aliphatic carbocycles. The largest absolute Gasteiger partial charge is 0.328 e. The van der Waals surface area contributed by atoms with Crippen LogP contribution in [0, 0.1) is 6.92 Å². The van der Waals surface area contributed by atoms with Gasteiger partial charge in [-0.3, -0.25) is 9.48 Å². The van der Waals surface area contributed by atoms with Crippen LogP contribution >= 0.6 is 11.3 Å². The molecule has 0 spiro atoms. The molecule has 2 aromatic heterocycles. The summed E-state index contributed by atoms with van der Waals surface area (Å²) in [6, 6.07) is 12.4. The number of amides is 1. The van der Waals surface area contributed by atoms with E-state index in [1.807, 2.05) is 36.3 Å². The minimum atomic E-state index is 0.0215. The summed E-state index contributed by atoms with van der Waals surface area (Å²) in [6.07, 6.45) is 3.63. The van der Waals surface area contributed by atoms with E-state index in [1.165, 1.54) is 5.56 Å². The third kappa shape index (κ3) is 4.83. The Balaban J connectivity index is 1.80. The Kier molecular flexibility index (Phi) is 6.40. The third-order valence-corrected chi connectivity index (χ3v) is 5.46. The predicted octanol–water partition coefficient (Wildman–Crippen LogP) is 4.33. The van der Waals surface area contributed by atoms with Crippen LogP contribution in [0.1, 0.15) is 47.0 Å². The first-order valence-electron chi connectivity index (χ1n) is 9.36. The number of rotatable bonds is 8. The molecule has 3 rings (SSSR count). The van der Waals surface area contributed by atoms with Gasteiger partial charge in [-0.2, -0.15) is 5.10 Å². The molecular formula is C21H26N4OS. The van der Waals surface area contributed by atoms with Gasteiger partial charge in [0.05, 0.1) is 12.2 Å². The number of benzene rings is 1. The first kappa shape index (κ1) is 19.3. The van der Waals surface area contributed by atoms with Crippen molar-refractivity contribution >= 4 is 17.2 Å². The van der Waals surface area contributed by atoms with E-state index in [0.29, 0.717) is 18.8 Å². The number of carbonyl (C=O) groups excluding carboxylic acids is 1. The lowest BCUT2D eigenvalue weighted by Crippen LogP contribution is -2.39. The third-order valence-electron chi connectivity index (χ3n) is 4.70. The van der Waals surface area contributed by atoms with E-state index < -0.39 is 0 Å². The zero-order valence-corrected chi connectivity index (χ0v) is 16.9. The maximum Gasteiger partial charge on any atom is 0.272 e. The Hall–Kier alpha value is -2.47. The van der Waals surface area contributed by atoms with Crippen molar-refractivity contribution in [2.24, 2.45) is 0 Å². The normalized spacial score (nSPS) is 12.1. The van der Waals surface area contributed by atoms with Gasteiger partial charge in [0.25, 0.3) is 5.91 Å². The molecule has 0 saturated carbocycles. The van der Waals surface area contributed by atoms with E-state index in [9.17, 15) is 4.79 Å². The van der Waals surface area contributed by atoms with Crippen LogP contribution in [0.4, 0.5) is 0 Å². The van der Waals surface area contributed by atoms with E-state index in [-0.39, 0.29) is 11.9 Å². The zero-order chi connectivity index (χ0) is 19.2. The minimum Gasteiger partial charge on any atom is -0.328 e. The van der Waals surface area contributed by atoms with Gasteiger partial charge in [0, 0.05) is 24.2 Å². The van der Waals surface area contributed by atoms with Gasteiger partial charge in [-0.15, -0.1) is 11.3 Å². The highest BCUT2D eigenvalue weighted by molar-refractivity contribution is 7.09. The van der Waals surface area contributed by atoms with Gasteiger partial charge in [-0.1, -0.05) is 30.3 Å². The molecule has 0 unspecified atom stereocenters. The van der Waals surface area contributed by atoms with E-state index in [4.69, 9.17) is 0 Å². The zero-order valence-electron chi connectivity index (χ0n) is 16.1. The second kappa shape index (κ2) is 8.95. The number of aromatic nitrogens is 3. The molecule has 27 heavy (non-hydrogen) atoms. The molecule has 5 nitrogen and oxygen atoms in total. The van der Waals surface area contributed by atoms with Gasteiger partial charge < -0.3 is 4.90 Å². The topological polar surface area (TPSA) is 51.0 Å². The summed E-state index contributed by atoms with van der Waals surface area (Å²) >= 11 is 1.58. The van der Waals surface area contributed by atoms with E-state index >= 15 is 0 Å². The number of nitrogens with zero attached hydrogens (tertiary/aromatic N) is 4. The van der Waals surface area contributed by atoms with Crippen molar-refractivity contribution in [2.45, 2.75) is 52.7 Å². The van der Waals surface area contributed by atoms with Gasteiger partial charge in [0.15, 0.2) is 0 Å². The number of carbonyl (C=O) groups is 1. The predicted molar refractivity (Wildman–Crippen MR) is 109 cm³/mol. The molecule has 0 aliphatic heterocycles.